The SMILES string of the molecule is COc1ccc(-c2ccc(C(=O)NC3CCC(N)CC3)c(F)c2)cc1. The van der Waals surface area contributed by atoms with Crippen LogP contribution >= 0.6 is 0 Å². The first kappa shape index (κ1) is 17.4. The minimum atomic E-state index is -0.515. The van der Waals surface area contributed by atoms with Crippen LogP contribution in [-0.2, 0) is 0 Å². The summed E-state index contributed by atoms with van der Waals surface area (Å²) in [6, 6.07) is 12.4. The molecule has 1 fully saturated rings. The van der Waals surface area contributed by atoms with Gasteiger partial charge >= 0.3 is 0 Å². The van der Waals surface area contributed by atoms with Gasteiger partial charge in [0.05, 0.1) is 12.7 Å². The Bertz CT molecular complexity index is 738. The highest BCUT2D eigenvalue weighted by molar-refractivity contribution is 5.95. The van der Waals surface area contributed by atoms with Gasteiger partial charge in [0, 0.05) is 12.1 Å². The molecule has 0 bridgehead atoms. The van der Waals surface area contributed by atoms with Gasteiger partial charge in [-0.15, -0.1) is 0 Å². The third-order valence-corrected chi connectivity index (χ3v) is 4.74. The molecule has 25 heavy (non-hydrogen) atoms. The van der Waals surface area contributed by atoms with Crippen molar-refractivity contribution in [3.8, 4) is 16.9 Å². The number of rotatable bonds is 4. The molecule has 5 heteroatoms. The number of benzene rings is 2. The Morgan fingerprint density at radius 1 is 1.08 bits per heavy atom. The molecule has 0 radical (unpaired) electrons. The second kappa shape index (κ2) is 7.66. The van der Waals surface area contributed by atoms with E-state index in [2.05, 4.69) is 5.32 Å². The van der Waals surface area contributed by atoms with E-state index >= 15 is 0 Å². The smallest absolute Gasteiger partial charge is 0.254 e. The van der Waals surface area contributed by atoms with Gasteiger partial charge in [0.15, 0.2) is 0 Å². The number of methoxy groups -OCH3 is 1. The van der Waals surface area contributed by atoms with Crippen LogP contribution in [0.15, 0.2) is 42.5 Å². The number of nitrogens with one attached hydrogen (secondary N) is 1. The molecule has 3 rings (SSSR count). The summed E-state index contributed by atoms with van der Waals surface area (Å²) >= 11 is 0. The van der Waals surface area contributed by atoms with E-state index in [1.807, 2.05) is 24.3 Å². The van der Waals surface area contributed by atoms with E-state index in [1.165, 1.54) is 6.07 Å². The van der Waals surface area contributed by atoms with Gasteiger partial charge in [0.25, 0.3) is 5.91 Å². The predicted molar refractivity (Wildman–Crippen MR) is 96.1 cm³/mol. The molecule has 2 aromatic carbocycles. The monoisotopic (exact) mass is 342 g/mol. The van der Waals surface area contributed by atoms with E-state index < -0.39 is 5.82 Å². The summed E-state index contributed by atoms with van der Waals surface area (Å²) in [5.41, 5.74) is 7.54. The van der Waals surface area contributed by atoms with Crippen LogP contribution in [0.25, 0.3) is 11.1 Å². The Morgan fingerprint density at radius 3 is 2.32 bits per heavy atom. The van der Waals surface area contributed by atoms with Crippen LogP contribution in [0.4, 0.5) is 4.39 Å². The molecule has 1 amide bonds. The predicted octanol–water partition coefficient (Wildman–Crippen LogP) is 3.50. The van der Waals surface area contributed by atoms with Crippen molar-refractivity contribution in [2.45, 2.75) is 37.8 Å². The van der Waals surface area contributed by atoms with Crippen LogP contribution in [0.2, 0.25) is 0 Å². The number of halogens is 1. The van der Waals surface area contributed by atoms with Gasteiger partial charge in [-0.25, -0.2) is 4.39 Å². The van der Waals surface area contributed by atoms with Gasteiger partial charge in [-0.05, 0) is 61.1 Å². The lowest BCUT2D eigenvalue weighted by Crippen LogP contribution is -2.40. The summed E-state index contributed by atoms with van der Waals surface area (Å²) in [6.07, 6.45) is 3.48. The van der Waals surface area contributed by atoms with Gasteiger partial charge in [0.1, 0.15) is 11.6 Å². The lowest BCUT2D eigenvalue weighted by atomic mass is 9.91. The second-order valence-electron chi connectivity index (χ2n) is 6.51. The van der Waals surface area contributed by atoms with Gasteiger partial charge < -0.3 is 15.8 Å². The zero-order valence-electron chi connectivity index (χ0n) is 14.3. The fourth-order valence-corrected chi connectivity index (χ4v) is 3.19. The molecule has 0 aromatic heterocycles. The third-order valence-electron chi connectivity index (χ3n) is 4.74. The van der Waals surface area contributed by atoms with Crippen molar-refractivity contribution >= 4 is 5.91 Å². The van der Waals surface area contributed by atoms with E-state index in [0.29, 0.717) is 0 Å². The van der Waals surface area contributed by atoms with Crippen molar-refractivity contribution in [1.82, 2.24) is 5.32 Å². The summed E-state index contributed by atoms with van der Waals surface area (Å²) in [5, 5.41) is 2.92. The Balaban J connectivity index is 1.71. The molecule has 3 N–H and O–H groups in total. The Hall–Kier alpha value is -2.40. The first-order valence-corrected chi connectivity index (χ1v) is 8.57. The van der Waals surface area contributed by atoms with Crippen molar-refractivity contribution in [2.75, 3.05) is 7.11 Å². The summed E-state index contributed by atoms with van der Waals surface area (Å²) in [5.74, 6) is -0.134. The molecule has 0 aliphatic heterocycles. The molecular weight excluding hydrogens is 319 g/mol. The van der Waals surface area contributed by atoms with Crippen LogP contribution in [-0.4, -0.2) is 25.1 Å². The van der Waals surface area contributed by atoms with E-state index in [0.717, 1.165) is 42.6 Å². The molecule has 0 atom stereocenters. The highest BCUT2D eigenvalue weighted by atomic mass is 19.1. The van der Waals surface area contributed by atoms with Crippen LogP contribution in [0, 0.1) is 5.82 Å². The molecular formula is C20H23FN2O2. The maximum Gasteiger partial charge on any atom is 0.254 e. The molecule has 2 aromatic rings. The first-order valence-electron chi connectivity index (χ1n) is 8.57. The number of hydrogen-bond acceptors (Lipinski definition) is 3. The summed E-state index contributed by atoms with van der Waals surface area (Å²) < 4.78 is 19.6. The Kier molecular flexibility index (Phi) is 5.34. The van der Waals surface area contributed by atoms with Crippen molar-refractivity contribution in [1.29, 1.82) is 0 Å². The zero-order valence-corrected chi connectivity index (χ0v) is 14.3. The summed E-state index contributed by atoms with van der Waals surface area (Å²) in [6.45, 7) is 0. The number of carbonyl (C=O) groups excluding carboxylic acids is 1. The second-order valence-corrected chi connectivity index (χ2v) is 6.51. The Morgan fingerprint density at radius 2 is 1.72 bits per heavy atom. The van der Waals surface area contributed by atoms with E-state index in [1.54, 1.807) is 19.2 Å². The molecule has 0 spiro atoms. The highest BCUT2D eigenvalue weighted by Gasteiger charge is 2.22. The standard InChI is InChI=1S/C20H23FN2O2/c1-25-17-9-2-13(3-10-17)14-4-11-18(19(21)12-14)20(24)23-16-7-5-15(22)6-8-16/h2-4,9-12,15-16H,5-8,22H2,1H3,(H,23,24). The molecule has 132 valence electrons. The average Bonchev–Trinajstić information content (AvgIpc) is 2.63. The van der Waals surface area contributed by atoms with Crippen molar-refractivity contribution in [3.05, 3.63) is 53.8 Å². The van der Waals surface area contributed by atoms with Gasteiger partial charge in [0.2, 0.25) is 0 Å². The van der Waals surface area contributed by atoms with Crippen LogP contribution < -0.4 is 15.8 Å². The quantitative estimate of drug-likeness (QED) is 0.894. The van der Waals surface area contributed by atoms with Crippen molar-refractivity contribution in [3.63, 3.8) is 0 Å². The zero-order chi connectivity index (χ0) is 17.8. The lowest BCUT2D eigenvalue weighted by molar-refractivity contribution is 0.0922. The first-order chi connectivity index (χ1) is 12.1. The average molecular weight is 342 g/mol. The van der Waals surface area contributed by atoms with Gasteiger partial charge in [-0.2, -0.15) is 0 Å². The van der Waals surface area contributed by atoms with Crippen molar-refractivity contribution in [2.24, 2.45) is 5.73 Å². The van der Waals surface area contributed by atoms with Crippen LogP contribution in [0.1, 0.15) is 36.0 Å². The molecule has 1 saturated carbocycles. The number of amides is 1. The number of hydrogen-bond donors (Lipinski definition) is 2. The fraction of sp³-hybridized carbons (Fsp3) is 0.350. The summed E-state index contributed by atoms with van der Waals surface area (Å²) in [4.78, 5) is 12.3. The summed E-state index contributed by atoms with van der Waals surface area (Å²) in [7, 11) is 1.60. The van der Waals surface area contributed by atoms with Gasteiger partial charge in [-0.1, -0.05) is 18.2 Å². The van der Waals surface area contributed by atoms with E-state index in [-0.39, 0.29) is 23.6 Å². The minimum Gasteiger partial charge on any atom is -0.497 e. The fourth-order valence-electron chi connectivity index (χ4n) is 3.19. The third kappa shape index (κ3) is 4.17. The molecule has 4 nitrogen and oxygen atoms in total. The maximum absolute atomic E-state index is 14.4. The lowest BCUT2D eigenvalue weighted by Gasteiger charge is -2.26. The highest BCUT2D eigenvalue weighted by Crippen LogP contribution is 2.25. The largest absolute Gasteiger partial charge is 0.497 e. The number of nitrogens with two attached hydrogens (primary N) is 1. The molecule has 1 aliphatic rings. The van der Waals surface area contributed by atoms with E-state index in [4.69, 9.17) is 10.5 Å². The van der Waals surface area contributed by atoms with Crippen LogP contribution in [0.5, 0.6) is 5.75 Å². The normalized spacial score (nSPS) is 20.1. The van der Waals surface area contributed by atoms with Crippen LogP contribution in [0.3, 0.4) is 0 Å². The maximum atomic E-state index is 14.4. The number of ether oxygens (including phenoxy) is 1. The van der Waals surface area contributed by atoms with E-state index in [9.17, 15) is 9.18 Å². The van der Waals surface area contributed by atoms with Gasteiger partial charge in [-0.3, -0.25) is 4.79 Å². The molecule has 0 heterocycles. The molecule has 1 aliphatic carbocycles. The molecule has 0 unspecified atom stereocenters. The topological polar surface area (TPSA) is 64.3 Å². The number of carbonyl (C=O) groups is 1. The van der Waals surface area contributed by atoms with Crippen molar-refractivity contribution < 1.29 is 13.9 Å². The molecule has 0 saturated heterocycles. The Labute approximate surface area is 147 Å². The minimum absolute atomic E-state index is 0.0760.